The Morgan fingerprint density at radius 1 is 1.23 bits per heavy atom. The highest BCUT2D eigenvalue weighted by Crippen LogP contribution is 2.25. The standard InChI is InChI=1S/C16H13N3O2S/c17-9-4-10-19-16(22)21-15(18-19)11-20-14-8-3-6-12-5-1-2-7-13(12)14/h1-3,5-8H,4,10-11H2. The second-order valence-corrected chi connectivity index (χ2v) is 5.01. The van der Waals surface area contributed by atoms with Gasteiger partial charge in [0.1, 0.15) is 5.75 Å². The predicted octanol–water partition coefficient (Wildman–Crippen LogP) is 3.85. The average Bonchev–Trinajstić information content (AvgIpc) is 2.91. The van der Waals surface area contributed by atoms with Gasteiger partial charge in [0.25, 0.3) is 10.7 Å². The van der Waals surface area contributed by atoms with E-state index in [1.807, 2.05) is 42.5 Å². The maximum Gasteiger partial charge on any atom is 0.287 e. The van der Waals surface area contributed by atoms with Crippen molar-refractivity contribution in [2.75, 3.05) is 0 Å². The fourth-order valence-electron chi connectivity index (χ4n) is 2.17. The van der Waals surface area contributed by atoms with Gasteiger partial charge in [-0.15, -0.1) is 5.10 Å². The molecule has 0 aliphatic carbocycles. The fourth-order valence-corrected chi connectivity index (χ4v) is 2.39. The van der Waals surface area contributed by atoms with E-state index in [4.69, 9.17) is 26.6 Å². The smallest absolute Gasteiger partial charge is 0.287 e. The van der Waals surface area contributed by atoms with E-state index >= 15 is 0 Å². The molecule has 3 rings (SSSR count). The third-order valence-corrected chi connectivity index (χ3v) is 3.48. The van der Waals surface area contributed by atoms with Gasteiger partial charge in [0.05, 0.1) is 19.0 Å². The van der Waals surface area contributed by atoms with Gasteiger partial charge in [0.2, 0.25) is 0 Å². The Morgan fingerprint density at radius 2 is 2.05 bits per heavy atom. The molecule has 0 radical (unpaired) electrons. The summed E-state index contributed by atoms with van der Waals surface area (Å²) >= 11 is 5.06. The first kappa shape index (κ1) is 14.3. The molecule has 1 heterocycles. The number of fused-ring (bicyclic) bond motifs is 1. The Labute approximate surface area is 132 Å². The summed E-state index contributed by atoms with van der Waals surface area (Å²) in [6.07, 6.45) is 0.338. The van der Waals surface area contributed by atoms with Crippen LogP contribution in [0.2, 0.25) is 0 Å². The van der Waals surface area contributed by atoms with Gasteiger partial charge in [0.15, 0.2) is 6.61 Å². The summed E-state index contributed by atoms with van der Waals surface area (Å²) in [5.41, 5.74) is 0. The summed E-state index contributed by atoms with van der Waals surface area (Å²) in [4.78, 5) is 0.256. The number of aromatic nitrogens is 2. The summed E-state index contributed by atoms with van der Waals surface area (Å²) < 4.78 is 12.7. The van der Waals surface area contributed by atoms with Crippen LogP contribution in [0.25, 0.3) is 10.8 Å². The van der Waals surface area contributed by atoms with Crippen molar-refractivity contribution < 1.29 is 9.15 Å². The van der Waals surface area contributed by atoms with Crippen LogP contribution in [-0.2, 0) is 13.2 Å². The molecule has 0 N–H and O–H groups in total. The molecule has 0 atom stereocenters. The molecule has 0 amide bonds. The van der Waals surface area contributed by atoms with E-state index in [2.05, 4.69) is 11.2 Å². The Morgan fingerprint density at radius 3 is 2.91 bits per heavy atom. The largest absolute Gasteiger partial charge is 0.483 e. The minimum atomic E-state index is 0.192. The molecule has 1 aromatic heterocycles. The lowest BCUT2D eigenvalue weighted by molar-refractivity contribution is 0.264. The highest BCUT2D eigenvalue weighted by Gasteiger charge is 2.08. The SMILES string of the molecule is N#CCCn1nc(COc2cccc3ccccc23)oc1=S. The fraction of sp³-hybridized carbons (Fsp3) is 0.188. The molecule has 0 aliphatic rings. The van der Waals surface area contributed by atoms with Crippen molar-refractivity contribution in [1.29, 1.82) is 5.26 Å². The van der Waals surface area contributed by atoms with Crippen LogP contribution in [-0.4, -0.2) is 9.78 Å². The molecule has 3 aromatic rings. The number of ether oxygens (including phenoxy) is 1. The average molecular weight is 311 g/mol. The van der Waals surface area contributed by atoms with Crippen LogP contribution in [0.5, 0.6) is 5.75 Å². The van der Waals surface area contributed by atoms with E-state index in [9.17, 15) is 0 Å². The molecule has 0 saturated carbocycles. The zero-order chi connectivity index (χ0) is 15.4. The van der Waals surface area contributed by atoms with Gasteiger partial charge in [-0.2, -0.15) is 5.26 Å². The quantitative estimate of drug-likeness (QED) is 0.670. The lowest BCUT2D eigenvalue weighted by atomic mass is 10.1. The van der Waals surface area contributed by atoms with Gasteiger partial charge < -0.3 is 9.15 Å². The molecule has 0 unspecified atom stereocenters. The highest BCUT2D eigenvalue weighted by molar-refractivity contribution is 7.71. The Kier molecular flexibility index (Phi) is 4.17. The molecule has 22 heavy (non-hydrogen) atoms. The summed E-state index contributed by atoms with van der Waals surface area (Å²) in [6, 6.07) is 15.9. The second-order valence-electron chi connectivity index (χ2n) is 4.66. The second kappa shape index (κ2) is 6.41. The monoisotopic (exact) mass is 311 g/mol. The van der Waals surface area contributed by atoms with E-state index in [1.165, 1.54) is 4.68 Å². The summed E-state index contributed by atoms with van der Waals surface area (Å²) in [6.45, 7) is 0.615. The summed E-state index contributed by atoms with van der Waals surface area (Å²) in [7, 11) is 0. The van der Waals surface area contributed by atoms with Crippen molar-refractivity contribution >= 4 is 23.0 Å². The molecular formula is C16H13N3O2S. The topological polar surface area (TPSA) is 64.0 Å². The van der Waals surface area contributed by atoms with Gasteiger partial charge >= 0.3 is 0 Å². The van der Waals surface area contributed by atoms with Gasteiger partial charge in [0, 0.05) is 5.39 Å². The molecule has 0 fully saturated rings. The van der Waals surface area contributed by atoms with E-state index < -0.39 is 0 Å². The number of aryl methyl sites for hydroxylation is 1. The molecular weight excluding hydrogens is 298 g/mol. The molecule has 0 bridgehead atoms. The zero-order valence-electron chi connectivity index (χ0n) is 11.7. The van der Waals surface area contributed by atoms with Crippen molar-refractivity contribution in [3.63, 3.8) is 0 Å². The molecule has 5 nitrogen and oxygen atoms in total. The van der Waals surface area contributed by atoms with Crippen molar-refractivity contribution in [3.8, 4) is 11.8 Å². The highest BCUT2D eigenvalue weighted by atomic mass is 32.1. The molecule has 6 heteroatoms. The number of rotatable bonds is 5. The van der Waals surface area contributed by atoms with Crippen molar-refractivity contribution in [2.24, 2.45) is 0 Å². The zero-order valence-corrected chi connectivity index (χ0v) is 12.5. The first-order valence-electron chi connectivity index (χ1n) is 6.82. The number of hydrogen-bond acceptors (Lipinski definition) is 5. The van der Waals surface area contributed by atoms with Gasteiger partial charge in [-0.3, -0.25) is 0 Å². The maximum atomic E-state index is 8.60. The third kappa shape index (κ3) is 3.00. The van der Waals surface area contributed by atoms with Crippen LogP contribution in [0.3, 0.4) is 0 Å². The lowest BCUT2D eigenvalue weighted by Gasteiger charge is -2.07. The molecule has 110 valence electrons. The van der Waals surface area contributed by atoms with Crippen molar-refractivity contribution in [1.82, 2.24) is 9.78 Å². The number of nitrogens with zero attached hydrogens (tertiary/aromatic N) is 3. The minimum absolute atomic E-state index is 0.192. The van der Waals surface area contributed by atoms with Crippen molar-refractivity contribution in [2.45, 2.75) is 19.6 Å². The van der Waals surface area contributed by atoms with Gasteiger partial charge in [-0.05, 0) is 23.7 Å². The number of benzene rings is 2. The van der Waals surface area contributed by atoms with Crippen LogP contribution in [0.1, 0.15) is 12.3 Å². The summed E-state index contributed by atoms with van der Waals surface area (Å²) in [5.74, 6) is 1.17. The third-order valence-electron chi connectivity index (χ3n) is 3.18. The number of hydrogen-bond donors (Lipinski definition) is 0. The van der Waals surface area contributed by atoms with Gasteiger partial charge in [-0.25, -0.2) is 4.68 Å². The van der Waals surface area contributed by atoms with E-state index in [-0.39, 0.29) is 11.4 Å². The van der Waals surface area contributed by atoms with E-state index in [0.717, 1.165) is 16.5 Å². The predicted molar refractivity (Wildman–Crippen MR) is 83.8 cm³/mol. The first-order valence-corrected chi connectivity index (χ1v) is 7.23. The van der Waals surface area contributed by atoms with Crippen LogP contribution < -0.4 is 4.74 Å². The summed E-state index contributed by atoms with van der Waals surface area (Å²) in [5, 5.41) is 15.0. The van der Waals surface area contributed by atoms with Crippen molar-refractivity contribution in [3.05, 3.63) is 53.2 Å². The molecule has 0 aliphatic heterocycles. The Balaban J connectivity index is 1.77. The van der Waals surface area contributed by atoms with E-state index in [1.54, 1.807) is 0 Å². The lowest BCUT2D eigenvalue weighted by Crippen LogP contribution is -2.02. The Bertz CT molecular complexity index is 887. The van der Waals surface area contributed by atoms with Gasteiger partial charge in [-0.1, -0.05) is 36.4 Å². The van der Waals surface area contributed by atoms with E-state index in [0.29, 0.717) is 18.9 Å². The molecule has 2 aromatic carbocycles. The Hall–Kier alpha value is -2.65. The minimum Gasteiger partial charge on any atom is -0.483 e. The van der Waals surface area contributed by atoms with Crippen LogP contribution in [0.4, 0.5) is 0 Å². The molecule has 0 saturated heterocycles. The van der Waals surface area contributed by atoms with Crippen LogP contribution >= 0.6 is 12.2 Å². The molecule has 0 spiro atoms. The van der Waals surface area contributed by atoms with Crippen LogP contribution in [0, 0.1) is 16.2 Å². The first-order chi connectivity index (χ1) is 10.8. The van der Waals surface area contributed by atoms with Crippen LogP contribution in [0.15, 0.2) is 46.9 Å². The number of nitriles is 1. The maximum absolute atomic E-state index is 8.60. The normalized spacial score (nSPS) is 10.5.